The number of benzene rings is 1. The number of amides is 1. The quantitative estimate of drug-likeness (QED) is 0.655. The standard InChI is InChI=1S/C11H14N6O/c1-17-6-15-10(16-17)5-14-11(18)7-2-8(12)4-9(13)3-7/h2-4,6H,5,12-13H2,1H3,(H,14,18). The van der Waals surface area contributed by atoms with Crippen LogP contribution in [0, 0.1) is 0 Å². The lowest BCUT2D eigenvalue weighted by Gasteiger charge is -2.05. The number of nitrogen functional groups attached to an aromatic ring is 2. The predicted octanol–water partition coefficient (Wildman–Crippen LogP) is -0.0905. The van der Waals surface area contributed by atoms with E-state index in [9.17, 15) is 4.79 Å². The maximum atomic E-state index is 11.8. The van der Waals surface area contributed by atoms with Gasteiger partial charge in [0.05, 0.1) is 6.54 Å². The van der Waals surface area contributed by atoms with Crippen LogP contribution in [0.5, 0.6) is 0 Å². The molecule has 0 aliphatic heterocycles. The maximum Gasteiger partial charge on any atom is 0.251 e. The molecule has 0 aliphatic rings. The number of nitrogens with one attached hydrogen (secondary N) is 1. The fraction of sp³-hybridized carbons (Fsp3) is 0.182. The van der Waals surface area contributed by atoms with Crippen molar-refractivity contribution in [3.63, 3.8) is 0 Å². The van der Waals surface area contributed by atoms with Gasteiger partial charge in [0.25, 0.3) is 5.91 Å². The Labute approximate surface area is 104 Å². The van der Waals surface area contributed by atoms with Crippen molar-refractivity contribution in [3.05, 3.63) is 35.9 Å². The molecule has 0 aliphatic carbocycles. The average Bonchev–Trinajstić information content (AvgIpc) is 2.70. The fourth-order valence-electron chi connectivity index (χ4n) is 1.53. The highest BCUT2D eigenvalue weighted by Crippen LogP contribution is 2.13. The second kappa shape index (κ2) is 4.74. The Bertz CT molecular complexity index is 556. The highest BCUT2D eigenvalue weighted by molar-refractivity contribution is 5.96. The van der Waals surface area contributed by atoms with E-state index in [1.807, 2.05) is 0 Å². The van der Waals surface area contributed by atoms with E-state index in [1.54, 1.807) is 36.3 Å². The summed E-state index contributed by atoms with van der Waals surface area (Å²) in [6, 6.07) is 4.73. The molecule has 2 rings (SSSR count). The van der Waals surface area contributed by atoms with E-state index in [1.165, 1.54) is 0 Å². The number of hydrogen-bond donors (Lipinski definition) is 3. The summed E-state index contributed by atoms with van der Waals surface area (Å²) in [5.74, 6) is 0.282. The third-order valence-electron chi connectivity index (χ3n) is 2.29. The summed E-state index contributed by atoms with van der Waals surface area (Å²) in [4.78, 5) is 15.8. The van der Waals surface area contributed by atoms with Gasteiger partial charge < -0.3 is 16.8 Å². The van der Waals surface area contributed by atoms with E-state index in [0.29, 0.717) is 22.8 Å². The summed E-state index contributed by atoms with van der Waals surface area (Å²) in [6.07, 6.45) is 1.57. The van der Waals surface area contributed by atoms with Crippen molar-refractivity contribution >= 4 is 17.3 Å². The molecule has 0 saturated carbocycles. The highest BCUT2D eigenvalue weighted by Gasteiger charge is 2.08. The minimum Gasteiger partial charge on any atom is -0.399 e. The number of rotatable bonds is 3. The van der Waals surface area contributed by atoms with Crippen molar-refractivity contribution in [2.45, 2.75) is 6.54 Å². The van der Waals surface area contributed by atoms with Gasteiger partial charge in [-0.05, 0) is 18.2 Å². The Morgan fingerprint density at radius 3 is 2.56 bits per heavy atom. The second-order valence-corrected chi connectivity index (χ2v) is 3.91. The lowest BCUT2D eigenvalue weighted by molar-refractivity contribution is 0.0950. The number of anilines is 2. The second-order valence-electron chi connectivity index (χ2n) is 3.91. The summed E-state index contributed by atoms with van der Waals surface area (Å²) in [6.45, 7) is 0.258. The molecule has 1 aromatic heterocycles. The molecule has 1 aromatic carbocycles. The molecule has 0 radical (unpaired) electrons. The first-order valence-corrected chi connectivity index (χ1v) is 5.33. The van der Waals surface area contributed by atoms with E-state index in [4.69, 9.17) is 11.5 Å². The van der Waals surface area contributed by atoms with Crippen LogP contribution in [0.2, 0.25) is 0 Å². The molecule has 5 N–H and O–H groups in total. The van der Waals surface area contributed by atoms with Gasteiger partial charge in [-0.1, -0.05) is 0 Å². The summed E-state index contributed by atoms with van der Waals surface area (Å²) in [5.41, 5.74) is 12.6. The number of nitrogens with zero attached hydrogens (tertiary/aromatic N) is 3. The minimum absolute atomic E-state index is 0.258. The molecule has 0 fully saturated rings. The third-order valence-corrected chi connectivity index (χ3v) is 2.29. The molecule has 94 valence electrons. The number of carbonyl (C=O) groups is 1. The highest BCUT2D eigenvalue weighted by atomic mass is 16.1. The molecule has 7 nitrogen and oxygen atoms in total. The third kappa shape index (κ3) is 2.76. The lowest BCUT2D eigenvalue weighted by atomic mass is 10.1. The SMILES string of the molecule is Cn1cnc(CNC(=O)c2cc(N)cc(N)c2)n1. The first-order chi connectivity index (χ1) is 8.54. The van der Waals surface area contributed by atoms with Crippen molar-refractivity contribution in [2.24, 2.45) is 7.05 Å². The van der Waals surface area contributed by atoms with E-state index >= 15 is 0 Å². The topological polar surface area (TPSA) is 112 Å². The van der Waals surface area contributed by atoms with Gasteiger partial charge in [0.2, 0.25) is 0 Å². The molecule has 1 amide bonds. The zero-order chi connectivity index (χ0) is 13.1. The van der Waals surface area contributed by atoms with Gasteiger partial charge in [-0.25, -0.2) is 4.98 Å². The largest absolute Gasteiger partial charge is 0.399 e. The molecule has 0 atom stereocenters. The fourth-order valence-corrected chi connectivity index (χ4v) is 1.53. The molecule has 2 aromatic rings. The number of nitrogens with two attached hydrogens (primary N) is 2. The van der Waals surface area contributed by atoms with Crippen LogP contribution in [0.25, 0.3) is 0 Å². The molecule has 0 saturated heterocycles. The van der Waals surface area contributed by atoms with E-state index < -0.39 is 0 Å². The summed E-state index contributed by atoms with van der Waals surface area (Å²) >= 11 is 0. The van der Waals surface area contributed by atoms with Gasteiger partial charge in [-0.3, -0.25) is 9.48 Å². The number of aryl methyl sites for hydroxylation is 1. The Hall–Kier alpha value is -2.57. The average molecular weight is 246 g/mol. The van der Waals surface area contributed by atoms with Crippen molar-refractivity contribution in [1.29, 1.82) is 0 Å². The van der Waals surface area contributed by atoms with Crippen LogP contribution in [-0.2, 0) is 13.6 Å². The van der Waals surface area contributed by atoms with Gasteiger partial charge in [0, 0.05) is 24.0 Å². The van der Waals surface area contributed by atoms with E-state index in [0.717, 1.165) is 0 Å². The zero-order valence-corrected chi connectivity index (χ0v) is 9.92. The summed E-state index contributed by atoms with van der Waals surface area (Å²) in [7, 11) is 1.76. The van der Waals surface area contributed by atoms with Crippen LogP contribution in [0.3, 0.4) is 0 Å². The molecule has 0 bridgehead atoms. The van der Waals surface area contributed by atoms with Crippen molar-refractivity contribution in [1.82, 2.24) is 20.1 Å². The Balaban J connectivity index is 2.03. The van der Waals surface area contributed by atoms with Crippen molar-refractivity contribution in [2.75, 3.05) is 11.5 Å². The molecular formula is C11H14N6O. The van der Waals surface area contributed by atoms with E-state index in [-0.39, 0.29) is 12.5 Å². The Morgan fingerprint density at radius 2 is 2.00 bits per heavy atom. The van der Waals surface area contributed by atoms with Crippen molar-refractivity contribution in [3.8, 4) is 0 Å². The van der Waals surface area contributed by atoms with Gasteiger partial charge in [0.1, 0.15) is 6.33 Å². The van der Waals surface area contributed by atoms with Crippen LogP contribution in [-0.4, -0.2) is 20.7 Å². The van der Waals surface area contributed by atoms with Gasteiger partial charge in [0.15, 0.2) is 5.82 Å². The molecule has 7 heteroatoms. The Kier molecular flexibility index (Phi) is 3.13. The van der Waals surface area contributed by atoms with Gasteiger partial charge in [-0.2, -0.15) is 5.10 Å². The smallest absolute Gasteiger partial charge is 0.251 e. The van der Waals surface area contributed by atoms with Crippen molar-refractivity contribution < 1.29 is 4.79 Å². The molecule has 0 spiro atoms. The molecular weight excluding hydrogens is 232 g/mol. The van der Waals surface area contributed by atoms with Crippen LogP contribution < -0.4 is 16.8 Å². The predicted molar refractivity (Wildman–Crippen MR) is 67.4 cm³/mol. The number of hydrogen-bond acceptors (Lipinski definition) is 5. The molecule has 0 unspecified atom stereocenters. The summed E-state index contributed by atoms with van der Waals surface area (Å²) < 4.78 is 1.57. The minimum atomic E-state index is -0.263. The first-order valence-electron chi connectivity index (χ1n) is 5.33. The van der Waals surface area contributed by atoms with Gasteiger partial charge >= 0.3 is 0 Å². The van der Waals surface area contributed by atoms with Crippen LogP contribution in [0.4, 0.5) is 11.4 Å². The Morgan fingerprint density at radius 1 is 1.33 bits per heavy atom. The van der Waals surface area contributed by atoms with Crippen LogP contribution in [0.1, 0.15) is 16.2 Å². The first kappa shape index (κ1) is 11.9. The van der Waals surface area contributed by atoms with Crippen LogP contribution in [0.15, 0.2) is 24.5 Å². The normalized spacial score (nSPS) is 10.3. The van der Waals surface area contributed by atoms with E-state index in [2.05, 4.69) is 15.4 Å². The lowest BCUT2D eigenvalue weighted by Crippen LogP contribution is -2.23. The number of carbonyl (C=O) groups excluding carboxylic acids is 1. The summed E-state index contributed by atoms with van der Waals surface area (Å²) in [5, 5.41) is 6.75. The number of aromatic nitrogens is 3. The maximum absolute atomic E-state index is 11.8. The van der Waals surface area contributed by atoms with Gasteiger partial charge in [-0.15, -0.1) is 0 Å². The van der Waals surface area contributed by atoms with Crippen LogP contribution >= 0.6 is 0 Å². The zero-order valence-electron chi connectivity index (χ0n) is 9.92. The molecule has 18 heavy (non-hydrogen) atoms. The molecule has 1 heterocycles. The monoisotopic (exact) mass is 246 g/mol.